The van der Waals surface area contributed by atoms with Crippen LogP contribution in [-0.2, 0) is 11.3 Å². The zero-order valence-corrected chi connectivity index (χ0v) is 10.3. The van der Waals surface area contributed by atoms with E-state index in [4.69, 9.17) is 27.9 Å². The second-order valence-corrected chi connectivity index (χ2v) is 4.53. The molecule has 1 aromatic heterocycles. The van der Waals surface area contributed by atoms with Crippen molar-refractivity contribution in [1.29, 1.82) is 0 Å². The lowest BCUT2D eigenvalue weighted by molar-refractivity contribution is 0.0921. The van der Waals surface area contributed by atoms with Crippen molar-refractivity contribution in [3.63, 3.8) is 0 Å². The minimum atomic E-state index is 0.161. The summed E-state index contributed by atoms with van der Waals surface area (Å²) in [5, 5.41) is 3.82. The van der Waals surface area contributed by atoms with Gasteiger partial charge in [0.1, 0.15) is 5.15 Å². The van der Waals surface area contributed by atoms with E-state index in [1.54, 1.807) is 6.20 Å². The Morgan fingerprint density at radius 2 is 2.38 bits per heavy atom. The number of hydrogen-bond donors (Lipinski definition) is 1. The first-order valence-electron chi connectivity index (χ1n) is 5.21. The molecule has 16 heavy (non-hydrogen) atoms. The normalized spacial score (nSPS) is 20.2. The third-order valence-electron chi connectivity index (χ3n) is 2.56. The van der Waals surface area contributed by atoms with Crippen molar-refractivity contribution in [2.24, 2.45) is 5.92 Å². The van der Waals surface area contributed by atoms with Gasteiger partial charge in [-0.3, -0.25) is 0 Å². The van der Waals surface area contributed by atoms with E-state index >= 15 is 0 Å². The van der Waals surface area contributed by atoms with Crippen molar-refractivity contribution in [3.8, 4) is 0 Å². The Morgan fingerprint density at radius 3 is 3.06 bits per heavy atom. The number of aromatic nitrogens is 2. The van der Waals surface area contributed by atoms with Gasteiger partial charge in [-0.25, -0.2) is 9.97 Å². The van der Waals surface area contributed by atoms with E-state index in [2.05, 4.69) is 15.3 Å². The van der Waals surface area contributed by atoms with Gasteiger partial charge in [-0.05, 0) is 30.5 Å². The lowest BCUT2D eigenvalue weighted by atomic mass is 10.1. The van der Waals surface area contributed by atoms with Crippen LogP contribution in [0.1, 0.15) is 12.0 Å². The fourth-order valence-corrected chi connectivity index (χ4v) is 2.02. The largest absolute Gasteiger partial charge is 0.376 e. The average Bonchev–Trinajstić information content (AvgIpc) is 2.74. The van der Waals surface area contributed by atoms with Gasteiger partial charge in [0.15, 0.2) is 0 Å². The number of hydrogen-bond acceptors (Lipinski definition) is 4. The summed E-state index contributed by atoms with van der Waals surface area (Å²) in [5.41, 5.74) is 0.775. The van der Waals surface area contributed by atoms with Crippen LogP contribution in [0.3, 0.4) is 0 Å². The molecule has 0 aliphatic carbocycles. The van der Waals surface area contributed by atoms with Crippen molar-refractivity contribution in [2.45, 2.75) is 13.0 Å². The molecule has 0 radical (unpaired) electrons. The molecule has 6 heteroatoms. The van der Waals surface area contributed by atoms with Crippen LogP contribution in [0.25, 0.3) is 0 Å². The van der Waals surface area contributed by atoms with Gasteiger partial charge < -0.3 is 10.1 Å². The van der Waals surface area contributed by atoms with Crippen molar-refractivity contribution in [2.75, 3.05) is 19.7 Å². The summed E-state index contributed by atoms with van der Waals surface area (Å²) < 4.78 is 5.58. The van der Waals surface area contributed by atoms with E-state index < -0.39 is 0 Å². The monoisotopic (exact) mass is 261 g/mol. The highest BCUT2D eigenvalue weighted by atomic mass is 35.5. The molecule has 1 N–H and O–H groups in total. The molecule has 1 unspecified atom stereocenters. The van der Waals surface area contributed by atoms with Crippen LogP contribution in [0.4, 0.5) is 0 Å². The minimum absolute atomic E-state index is 0.161. The van der Waals surface area contributed by atoms with Gasteiger partial charge >= 0.3 is 0 Å². The predicted octanol–water partition coefficient (Wildman–Crippen LogP) is 1.91. The van der Waals surface area contributed by atoms with Crippen LogP contribution in [0.15, 0.2) is 6.20 Å². The van der Waals surface area contributed by atoms with Gasteiger partial charge in [-0.2, -0.15) is 0 Å². The van der Waals surface area contributed by atoms with Crippen LogP contribution in [-0.4, -0.2) is 29.7 Å². The highest BCUT2D eigenvalue weighted by molar-refractivity contribution is 6.32. The Labute approximate surface area is 104 Å². The Morgan fingerprint density at radius 1 is 1.50 bits per heavy atom. The van der Waals surface area contributed by atoms with Gasteiger partial charge in [0, 0.05) is 18.3 Å². The minimum Gasteiger partial charge on any atom is -0.376 e. The molecule has 1 fully saturated rings. The van der Waals surface area contributed by atoms with Crippen LogP contribution in [0, 0.1) is 5.92 Å². The molecule has 0 amide bonds. The van der Waals surface area contributed by atoms with E-state index in [-0.39, 0.29) is 5.28 Å². The molecule has 1 saturated heterocycles. The van der Waals surface area contributed by atoms with Crippen molar-refractivity contribution in [3.05, 3.63) is 22.2 Å². The summed E-state index contributed by atoms with van der Waals surface area (Å²) in [4.78, 5) is 7.72. The SMILES string of the molecule is Clc1ncc(COCC2CCNC2)c(Cl)n1. The Balaban J connectivity index is 1.80. The van der Waals surface area contributed by atoms with Crippen LogP contribution >= 0.6 is 23.2 Å². The summed E-state index contributed by atoms with van der Waals surface area (Å²) in [5.74, 6) is 0.604. The molecule has 2 rings (SSSR count). The molecule has 2 heterocycles. The maximum Gasteiger partial charge on any atom is 0.223 e. The molecular formula is C10H13Cl2N3O. The fourth-order valence-electron chi connectivity index (χ4n) is 1.66. The van der Waals surface area contributed by atoms with Gasteiger partial charge in [-0.1, -0.05) is 11.6 Å². The average molecular weight is 262 g/mol. The highest BCUT2D eigenvalue weighted by Gasteiger charge is 2.14. The topological polar surface area (TPSA) is 47.0 Å². The van der Waals surface area contributed by atoms with E-state index in [0.717, 1.165) is 25.3 Å². The second kappa shape index (κ2) is 5.77. The van der Waals surface area contributed by atoms with E-state index in [1.807, 2.05) is 0 Å². The third kappa shape index (κ3) is 3.28. The van der Waals surface area contributed by atoms with Crippen molar-refractivity contribution in [1.82, 2.24) is 15.3 Å². The van der Waals surface area contributed by atoms with Gasteiger partial charge in [0.05, 0.1) is 13.2 Å². The Bertz CT molecular complexity index is 356. The molecule has 88 valence electrons. The lowest BCUT2D eigenvalue weighted by Gasteiger charge is -2.09. The number of ether oxygens (including phenoxy) is 1. The van der Waals surface area contributed by atoms with Gasteiger partial charge in [-0.15, -0.1) is 0 Å². The molecule has 1 atom stereocenters. The number of nitrogens with zero attached hydrogens (tertiary/aromatic N) is 2. The van der Waals surface area contributed by atoms with Crippen LogP contribution in [0.5, 0.6) is 0 Å². The molecule has 1 aliphatic heterocycles. The summed E-state index contributed by atoms with van der Waals surface area (Å²) in [6, 6.07) is 0. The second-order valence-electron chi connectivity index (χ2n) is 3.83. The summed E-state index contributed by atoms with van der Waals surface area (Å²) in [6.45, 7) is 3.29. The zero-order valence-electron chi connectivity index (χ0n) is 8.75. The molecule has 0 aromatic carbocycles. The van der Waals surface area contributed by atoms with E-state index in [1.165, 1.54) is 6.42 Å². The third-order valence-corrected chi connectivity index (χ3v) is 3.07. The number of rotatable bonds is 4. The summed E-state index contributed by atoms with van der Waals surface area (Å²) >= 11 is 11.5. The maximum atomic E-state index is 5.90. The first-order valence-corrected chi connectivity index (χ1v) is 5.96. The zero-order chi connectivity index (χ0) is 11.4. The lowest BCUT2D eigenvalue weighted by Crippen LogP contribution is -2.13. The molecule has 4 nitrogen and oxygen atoms in total. The summed E-state index contributed by atoms with van der Waals surface area (Å²) in [6.07, 6.45) is 2.77. The van der Waals surface area contributed by atoms with Crippen molar-refractivity contribution < 1.29 is 4.74 Å². The molecule has 1 aromatic rings. The van der Waals surface area contributed by atoms with Crippen LogP contribution < -0.4 is 5.32 Å². The molecule has 0 spiro atoms. The van der Waals surface area contributed by atoms with Gasteiger partial charge in [0.25, 0.3) is 0 Å². The Kier molecular flexibility index (Phi) is 4.35. The smallest absolute Gasteiger partial charge is 0.223 e. The Hall–Kier alpha value is -0.420. The molecule has 0 saturated carbocycles. The summed E-state index contributed by atoms with van der Waals surface area (Å²) in [7, 11) is 0. The van der Waals surface area contributed by atoms with Crippen molar-refractivity contribution >= 4 is 23.2 Å². The fraction of sp³-hybridized carbons (Fsp3) is 0.600. The van der Waals surface area contributed by atoms with E-state index in [0.29, 0.717) is 17.7 Å². The maximum absolute atomic E-state index is 5.90. The van der Waals surface area contributed by atoms with Crippen LogP contribution in [0.2, 0.25) is 10.4 Å². The first kappa shape index (κ1) is 12.0. The molecule has 1 aliphatic rings. The number of nitrogens with one attached hydrogen (secondary N) is 1. The predicted molar refractivity (Wildman–Crippen MR) is 62.7 cm³/mol. The van der Waals surface area contributed by atoms with Gasteiger partial charge in [0.2, 0.25) is 5.28 Å². The van der Waals surface area contributed by atoms with E-state index in [9.17, 15) is 0 Å². The number of halogens is 2. The first-order chi connectivity index (χ1) is 7.75. The quantitative estimate of drug-likeness (QED) is 0.665. The standard InChI is InChI=1S/C10H13Cl2N3O/c11-9-8(4-14-10(12)15-9)6-16-5-7-1-2-13-3-7/h4,7,13H,1-3,5-6H2. The molecule has 0 bridgehead atoms. The molecular weight excluding hydrogens is 249 g/mol. The highest BCUT2D eigenvalue weighted by Crippen LogP contribution is 2.16.